The number of aromatic nitrogens is 1. The predicted molar refractivity (Wildman–Crippen MR) is 131 cm³/mol. The Hall–Kier alpha value is -3.29. The number of methoxy groups -OCH3 is 1. The maximum absolute atomic E-state index is 13.3. The van der Waals surface area contributed by atoms with Gasteiger partial charge in [-0.15, -0.1) is 0 Å². The highest BCUT2D eigenvalue weighted by molar-refractivity contribution is 6.40. The van der Waals surface area contributed by atoms with Crippen molar-refractivity contribution in [3.05, 3.63) is 58.3 Å². The molecule has 0 aliphatic rings. The molecule has 1 N–H and O–H groups in total. The summed E-state index contributed by atoms with van der Waals surface area (Å²) in [6, 6.07) is 8.75. The number of aliphatic imine (C=N–C) groups is 1. The molecule has 0 fully saturated rings. The Morgan fingerprint density at radius 1 is 1.15 bits per heavy atom. The average Bonchev–Trinajstić information content (AvgIpc) is 3.14. The van der Waals surface area contributed by atoms with Gasteiger partial charge in [0.2, 0.25) is 0 Å². The van der Waals surface area contributed by atoms with E-state index in [2.05, 4.69) is 15.3 Å². The van der Waals surface area contributed by atoms with Gasteiger partial charge in [0, 0.05) is 23.2 Å². The Balaban J connectivity index is 1.83. The number of halogens is 2. The monoisotopic (exact) mass is 485 g/mol. The second-order valence-electron chi connectivity index (χ2n) is 8.20. The summed E-state index contributed by atoms with van der Waals surface area (Å²) in [6.07, 6.45) is 4.22. The fraction of sp³-hybridized carbons (Fsp3) is 0.208. The van der Waals surface area contributed by atoms with Crippen LogP contribution in [0.5, 0.6) is 5.75 Å². The van der Waals surface area contributed by atoms with E-state index in [1.165, 1.54) is 25.9 Å². The molecule has 1 amide bonds. The maximum Gasteiger partial charge on any atom is 0.256 e. The maximum atomic E-state index is 13.3. The van der Waals surface area contributed by atoms with Gasteiger partial charge in [0.05, 0.1) is 34.1 Å². The minimum atomic E-state index is -0.412. The quantitative estimate of drug-likeness (QED) is 0.242. The number of benzene rings is 2. The molecule has 0 radical (unpaired) electrons. The molecule has 0 atom stereocenters. The van der Waals surface area contributed by atoms with Crippen molar-refractivity contribution in [2.75, 3.05) is 12.4 Å². The number of carbonyl (C=O) groups excluding carboxylic acids is 1. The summed E-state index contributed by atoms with van der Waals surface area (Å²) in [5.74, 6) is 0.0872. The smallest absolute Gasteiger partial charge is 0.256 e. The number of fused-ring (bicyclic) bond motifs is 3. The van der Waals surface area contributed by atoms with Gasteiger partial charge in [-0.05, 0) is 51.1 Å². The number of pyridine rings is 1. The van der Waals surface area contributed by atoms with Gasteiger partial charge < -0.3 is 19.2 Å². The summed E-state index contributed by atoms with van der Waals surface area (Å²) >= 11 is 12.3. The summed E-state index contributed by atoms with van der Waals surface area (Å²) in [5.41, 5.74) is 1.95. The van der Waals surface area contributed by atoms with E-state index in [0.29, 0.717) is 38.9 Å². The molecule has 2 aromatic carbocycles. The van der Waals surface area contributed by atoms with Crippen LogP contribution in [0, 0.1) is 0 Å². The topological polar surface area (TPSA) is 86.0 Å². The molecule has 4 rings (SSSR count). The molecular weight excluding hydrogens is 465 g/mol. The molecule has 0 saturated carbocycles. The van der Waals surface area contributed by atoms with Crippen LogP contribution < -0.4 is 10.1 Å². The van der Waals surface area contributed by atoms with E-state index in [9.17, 15) is 4.79 Å². The molecule has 2 heterocycles. The van der Waals surface area contributed by atoms with Crippen LogP contribution in [-0.4, -0.2) is 30.0 Å². The zero-order chi connectivity index (χ0) is 23.8. The number of hydrogen-bond acceptors (Lipinski definition) is 6. The summed E-state index contributed by atoms with van der Waals surface area (Å²) in [4.78, 5) is 21.5. The minimum absolute atomic E-state index is 0.230. The van der Waals surface area contributed by atoms with Crippen LogP contribution in [0.4, 0.5) is 11.4 Å². The number of furan rings is 1. The highest BCUT2D eigenvalue weighted by Crippen LogP contribution is 2.39. The molecule has 0 unspecified atom stereocenters. The summed E-state index contributed by atoms with van der Waals surface area (Å²) in [5, 5.41) is 4.51. The minimum Gasteiger partial charge on any atom is -0.493 e. The third kappa shape index (κ3) is 4.74. The van der Waals surface area contributed by atoms with Crippen molar-refractivity contribution in [1.29, 1.82) is 0 Å². The zero-order valence-electron chi connectivity index (χ0n) is 18.4. The number of rotatable bonds is 5. The van der Waals surface area contributed by atoms with Gasteiger partial charge >= 0.3 is 0 Å². The number of carbonyl (C=O) groups is 1. The van der Waals surface area contributed by atoms with Crippen molar-refractivity contribution < 1.29 is 18.7 Å². The summed E-state index contributed by atoms with van der Waals surface area (Å²) < 4.78 is 17.1. The summed E-state index contributed by atoms with van der Waals surface area (Å²) in [7, 11) is 1.54. The number of nitrogens with zero attached hydrogens (tertiary/aromatic N) is 2. The number of hydrogen-bond donors (Lipinski definition) is 1. The average molecular weight is 486 g/mol. The van der Waals surface area contributed by atoms with Gasteiger partial charge in [0.15, 0.2) is 17.7 Å². The van der Waals surface area contributed by atoms with Gasteiger partial charge in [-0.1, -0.05) is 23.2 Å². The molecule has 4 aromatic rings. The first-order valence-electron chi connectivity index (χ1n) is 10.0. The Bertz CT molecular complexity index is 1370. The van der Waals surface area contributed by atoms with Crippen LogP contribution >= 0.6 is 23.2 Å². The first-order chi connectivity index (χ1) is 15.7. The van der Waals surface area contributed by atoms with E-state index < -0.39 is 5.91 Å². The van der Waals surface area contributed by atoms with Crippen molar-refractivity contribution in [2.45, 2.75) is 26.4 Å². The lowest BCUT2D eigenvalue weighted by atomic mass is 10.0. The normalized spacial score (nSPS) is 11.9. The lowest BCUT2D eigenvalue weighted by Gasteiger charge is -2.16. The van der Waals surface area contributed by atoms with Gasteiger partial charge in [-0.25, -0.2) is 4.99 Å². The number of amides is 1. The van der Waals surface area contributed by atoms with Crippen LogP contribution in [0.3, 0.4) is 0 Å². The number of ether oxygens (including phenoxy) is 2. The van der Waals surface area contributed by atoms with Gasteiger partial charge in [-0.3, -0.25) is 9.78 Å². The van der Waals surface area contributed by atoms with Gasteiger partial charge in [0.1, 0.15) is 11.2 Å². The molecule has 0 aliphatic heterocycles. The Morgan fingerprint density at radius 2 is 1.88 bits per heavy atom. The third-order valence-corrected chi connectivity index (χ3v) is 5.30. The van der Waals surface area contributed by atoms with Crippen molar-refractivity contribution in [3.63, 3.8) is 0 Å². The molecule has 0 saturated heterocycles. The Labute approximate surface area is 200 Å². The second-order valence-corrected chi connectivity index (χ2v) is 9.01. The van der Waals surface area contributed by atoms with Crippen molar-refractivity contribution in [3.8, 4) is 5.75 Å². The number of anilines is 1. The van der Waals surface area contributed by atoms with E-state index in [-0.39, 0.29) is 21.3 Å². The van der Waals surface area contributed by atoms with Crippen LogP contribution in [-0.2, 0) is 4.74 Å². The van der Waals surface area contributed by atoms with Crippen LogP contribution in [0.1, 0.15) is 31.1 Å². The lowest BCUT2D eigenvalue weighted by molar-refractivity contribution is 0.102. The van der Waals surface area contributed by atoms with E-state index in [1.54, 1.807) is 24.3 Å². The number of nitrogens with one attached hydrogen (secondary N) is 1. The van der Waals surface area contributed by atoms with E-state index in [1.807, 2.05) is 26.8 Å². The van der Waals surface area contributed by atoms with Crippen LogP contribution in [0.25, 0.3) is 21.9 Å². The molecule has 170 valence electrons. The summed E-state index contributed by atoms with van der Waals surface area (Å²) in [6.45, 7) is 5.80. The largest absolute Gasteiger partial charge is 0.493 e. The second kappa shape index (κ2) is 8.92. The van der Waals surface area contributed by atoms with Crippen LogP contribution in [0.2, 0.25) is 10.0 Å². The highest BCUT2D eigenvalue weighted by Gasteiger charge is 2.21. The predicted octanol–water partition coefficient (Wildman–Crippen LogP) is 7.02. The SMILES string of the molecule is COc1ccc(C(=O)Nc2c(Cl)cncc2Cl)c2c1oc1ccc(/N=C/OC(C)(C)C)cc12. The van der Waals surface area contributed by atoms with Crippen molar-refractivity contribution in [2.24, 2.45) is 4.99 Å². The fourth-order valence-electron chi connectivity index (χ4n) is 3.23. The van der Waals surface area contributed by atoms with E-state index in [4.69, 9.17) is 37.1 Å². The molecule has 2 aromatic heterocycles. The molecule has 7 nitrogen and oxygen atoms in total. The highest BCUT2D eigenvalue weighted by atomic mass is 35.5. The van der Waals surface area contributed by atoms with Crippen molar-refractivity contribution in [1.82, 2.24) is 4.98 Å². The Kier molecular flexibility index (Phi) is 6.19. The zero-order valence-corrected chi connectivity index (χ0v) is 19.9. The molecule has 9 heteroatoms. The first-order valence-corrected chi connectivity index (χ1v) is 10.8. The molecular formula is C24H21Cl2N3O4. The molecule has 0 spiro atoms. The third-order valence-electron chi connectivity index (χ3n) is 4.73. The van der Waals surface area contributed by atoms with Crippen LogP contribution in [0.15, 0.2) is 52.1 Å². The molecule has 0 aliphatic carbocycles. The Morgan fingerprint density at radius 3 is 2.55 bits per heavy atom. The van der Waals surface area contributed by atoms with E-state index in [0.717, 1.165) is 0 Å². The standard InChI is InChI=1S/C24H21Cl2N3O4/c1-24(2,3)32-12-28-13-5-7-18-15(9-13)20-14(6-8-19(31-4)22(20)33-18)23(30)29-21-16(25)10-27-11-17(21)26/h5-12H,1-4H3,(H,27,29,30)/b28-12+. The lowest BCUT2D eigenvalue weighted by Crippen LogP contribution is -2.17. The fourth-order valence-corrected chi connectivity index (χ4v) is 3.69. The van der Waals surface area contributed by atoms with Crippen molar-refractivity contribution >= 4 is 68.8 Å². The first kappa shape index (κ1) is 22.9. The van der Waals surface area contributed by atoms with Gasteiger partial charge in [0.25, 0.3) is 5.91 Å². The van der Waals surface area contributed by atoms with E-state index >= 15 is 0 Å². The van der Waals surface area contributed by atoms with Gasteiger partial charge in [-0.2, -0.15) is 0 Å². The molecule has 33 heavy (non-hydrogen) atoms. The molecule has 0 bridgehead atoms.